The molecule has 0 unspecified atom stereocenters. The van der Waals surface area contributed by atoms with Gasteiger partial charge in [0.2, 0.25) is 0 Å². The molecule has 3 heterocycles. The van der Waals surface area contributed by atoms with Crippen LogP contribution >= 0.6 is 0 Å². The van der Waals surface area contributed by atoms with Crippen LogP contribution in [0.15, 0.2) is 41.3 Å². The van der Waals surface area contributed by atoms with Gasteiger partial charge in [0.15, 0.2) is 11.3 Å². The number of carboxylic acid groups (broad SMARTS) is 1. The van der Waals surface area contributed by atoms with Crippen LogP contribution in [0.5, 0.6) is 0 Å². The molecular weight excluding hydrogens is 388 g/mol. The second-order valence-electron chi connectivity index (χ2n) is 7.82. The van der Waals surface area contributed by atoms with E-state index >= 15 is 0 Å². The van der Waals surface area contributed by atoms with E-state index in [9.17, 15) is 19.8 Å². The minimum atomic E-state index is -1.14. The van der Waals surface area contributed by atoms with E-state index in [-0.39, 0.29) is 11.4 Å². The molecule has 0 saturated carbocycles. The molecule has 0 amide bonds. The van der Waals surface area contributed by atoms with Crippen molar-refractivity contribution >= 4 is 34.2 Å². The summed E-state index contributed by atoms with van der Waals surface area (Å²) in [4.78, 5) is 28.1. The number of aryl methyl sites for hydroxylation is 2. The first-order chi connectivity index (χ1) is 14.1. The van der Waals surface area contributed by atoms with Gasteiger partial charge in [0, 0.05) is 31.4 Å². The van der Waals surface area contributed by atoms with Gasteiger partial charge in [-0.25, -0.2) is 14.6 Å². The summed E-state index contributed by atoms with van der Waals surface area (Å²) < 4.78 is 4.68. The Balaban J connectivity index is 1.78. The van der Waals surface area contributed by atoms with E-state index in [0.717, 1.165) is 5.52 Å². The molecule has 0 fully saturated rings. The number of anilines is 2. The summed E-state index contributed by atoms with van der Waals surface area (Å²) in [5.41, 5.74) is 1.36. The Morgan fingerprint density at radius 1 is 1.20 bits per heavy atom. The first-order valence-corrected chi connectivity index (χ1v) is 9.41. The van der Waals surface area contributed by atoms with Crippen LogP contribution in [0.1, 0.15) is 30.8 Å². The number of hydrogen-bond acceptors (Lipinski definition) is 6. The minimum Gasteiger partial charge on any atom is -0.477 e. The van der Waals surface area contributed by atoms with Gasteiger partial charge in [-0.2, -0.15) is 9.61 Å². The van der Waals surface area contributed by atoms with Crippen molar-refractivity contribution in [1.29, 1.82) is 0 Å². The van der Waals surface area contributed by atoms with E-state index < -0.39 is 11.6 Å². The molecule has 0 aliphatic rings. The average molecular weight is 410 g/mol. The number of imidazole rings is 1. The van der Waals surface area contributed by atoms with Crippen LogP contribution in [0, 0.1) is 0 Å². The third-order valence-electron chi connectivity index (χ3n) is 4.94. The smallest absolute Gasteiger partial charge is 0.354 e. The number of aromatic nitrogens is 5. The Morgan fingerprint density at radius 2 is 1.97 bits per heavy atom. The summed E-state index contributed by atoms with van der Waals surface area (Å²) in [6, 6.07) is 8.46. The lowest BCUT2D eigenvalue weighted by Crippen LogP contribution is -2.27. The third-order valence-corrected chi connectivity index (χ3v) is 4.94. The summed E-state index contributed by atoms with van der Waals surface area (Å²) in [7, 11) is 1.70. The minimum absolute atomic E-state index is 0.103. The molecular formula is C20H22N6O4. The van der Waals surface area contributed by atoms with Crippen molar-refractivity contribution in [2.24, 2.45) is 7.05 Å². The molecule has 4 aromatic rings. The van der Waals surface area contributed by atoms with Gasteiger partial charge in [0.05, 0.1) is 22.8 Å². The molecule has 3 N–H and O–H groups in total. The maximum atomic E-state index is 12.7. The summed E-state index contributed by atoms with van der Waals surface area (Å²) in [5.74, 6) is -0.705. The van der Waals surface area contributed by atoms with E-state index in [0.29, 0.717) is 35.6 Å². The highest BCUT2D eigenvalue weighted by atomic mass is 16.4. The van der Waals surface area contributed by atoms with Crippen molar-refractivity contribution < 1.29 is 15.0 Å². The molecule has 4 rings (SSSR count). The van der Waals surface area contributed by atoms with Gasteiger partial charge in [-0.05, 0) is 38.5 Å². The van der Waals surface area contributed by atoms with Crippen LogP contribution in [0.3, 0.4) is 0 Å². The molecule has 0 aliphatic heterocycles. The SMILES string of the molecule is Cn1c(=O)n(CCC(C)(C)O)c2cc(Nc3cc(C(=O)O)nc4ccnn34)ccc21. The van der Waals surface area contributed by atoms with E-state index in [2.05, 4.69) is 15.4 Å². The monoisotopic (exact) mass is 410 g/mol. The Hall–Kier alpha value is -3.66. The van der Waals surface area contributed by atoms with E-state index in [1.807, 2.05) is 12.1 Å². The highest BCUT2D eigenvalue weighted by molar-refractivity contribution is 5.88. The first-order valence-electron chi connectivity index (χ1n) is 9.41. The van der Waals surface area contributed by atoms with Crippen molar-refractivity contribution in [2.45, 2.75) is 32.4 Å². The van der Waals surface area contributed by atoms with Crippen molar-refractivity contribution in [3.05, 3.63) is 52.7 Å². The fourth-order valence-corrected chi connectivity index (χ4v) is 3.35. The van der Waals surface area contributed by atoms with Gasteiger partial charge in [-0.15, -0.1) is 0 Å². The number of hydrogen-bond donors (Lipinski definition) is 3. The van der Waals surface area contributed by atoms with Gasteiger partial charge < -0.3 is 15.5 Å². The predicted octanol–water partition coefficient (Wildman–Crippen LogP) is 1.99. The lowest BCUT2D eigenvalue weighted by Gasteiger charge is -2.17. The second-order valence-corrected chi connectivity index (χ2v) is 7.82. The maximum absolute atomic E-state index is 12.7. The van der Waals surface area contributed by atoms with Crippen molar-refractivity contribution in [2.75, 3.05) is 5.32 Å². The Bertz CT molecular complexity index is 1330. The summed E-state index contributed by atoms with van der Waals surface area (Å²) in [6.45, 7) is 3.77. The molecule has 3 aromatic heterocycles. The predicted molar refractivity (Wildman–Crippen MR) is 111 cm³/mol. The Morgan fingerprint density at radius 3 is 2.67 bits per heavy atom. The molecule has 0 bridgehead atoms. The number of carbonyl (C=O) groups is 1. The highest BCUT2D eigenvalue weighted by Crippen LogP contribution is 2.23. The standard InChI is InChI=1S/C20H22N6O4/c1-20(2,30)7-9-25-15-10-12(4-5-14(15)24(3)19(25)29)22-17-11-13(18(27)28)23-16-6-8-21-26(16)17/h4-6,8,10-11,22,30H,7,9H2,1-3H3,(H,27,28). The molecule has 10 nitrogen and oxygen atoms in total. The number of benzene rings is 1. The fourth-order valence-electron chi connectivity index (χ4n) is 3.35. The number of nitrogens with one attached hydrogen (secondary N) is 1. The lowest BCUT2D eigenvalue weighted by molar-refractivity contribution is 0.0660. The number of aromatic carboxylic acids is 1. The zero-order valence-electron chi connectivity index (χ0n) is 16.8. The van der Waals surface area contributed by atoms with E-state index in [4.69, 9.17) is 0 Å². The molecule has 0 aliphatic carbocycles. The third kappa shape index (κ3) is 3.52. The lowest BCUT2D eigenvalue weighted by atomic mass is 10.1. The number of aliphatic hydroxyl groups is 1. The van der Waals surface area contributed by atoms with Gasteiger partial charge >= 0.3 is 11.7 Å². The van der Waals surface area contributed by atoms with Crippen molar-refractivity contribution in [3.8, 4) is 0 Å². The quantitative estimate of drug-likeness (QED) is 0.444. The number of fused-ring (bicyclic) bond motifs is 2. The number of nitrogens with zero attached hydrogens (tertiary/aromatic N) is 5. The van der Waals surface area contributed by atoms with Gasteiger partial charge in [-0.3, -0.25) is 9.13 Å². The van der Waals surface area contributed by atoms with Crippen LogP contribution < -0.4 is 11.0 Å². The molecule has 10 heteroatoms. The van der Waals surface area contributed by atoms with Crippen LogP contribution in [0.4, 0.5) is 11.5 Å². The van der Waals surface area contributed by atoms with Gasteiger partial charge in [-0.1, -0.05) is 0 Å². The molecule has 156 valence electrons. The van der Waals surface area contributed by atoms with E-state index in [1.165, 1.54) is 16.8 Å². The average Bonchev–Trinajstić information content (AvgIpc) is 3.23. The largest absolute Gasteiger partial charge is 0.477 e. The van der Waals surface area contributed by atoms with Gasteiger partial charge in [0.25, 0.3) is 0 Å². The Kier molecular flexibility index (Phi) is 4.58. The molecule has 0 radical (unpaired) electrons. The first kappa shape index (κ1) is 19.6. The Labute approximate surface area is 171 Å². The molecule has 0 atom stereocenters. The normalized spacial score (nSPS) is 12.0. The second kappa shape index (κ2) is 6.99. The highest BCUT2D eigenvalue weighted by Gasteiger charge is 2.17. The topological polar surface area (TPSA) is 127 Å². The fraction of sp³-hybridized carbons (Fsp3) is 0.300. The van der Waals surface area contributed by atoms with Crippen LogP contribution in [0.25, 0.3) is 16.7 Å². The zero-order chi connectivity index (χ0) is 21.6. The molecule has 0 saturated heterocycles. The van der Waals surface area contributed by atoms with Crippen molar-refractivity contribution in [1.82, 2.24) is 23.7 Å². The summed E-state index contributed by atoms with van der Waals surface area (Å²) >= 11 is 0. The summed E-state index contributed by atoms with van der Waals surface area (Å²) in [6.07, 6.45) is 1.96. The molecule has 0 spiro atoms. The zero-order valence-corrected chi connectivity index (χ0v) is 16.8. The number of rotatable bonds is 6. The van der Waals surface area contributed by atoms with Crippen LogP contribution in [-0.4, -0.2) is 45.5 Å². The summed E-state index contributed by atoms with van der Waals surface area (Å²) in [5, 5.41) is 26.7. The van der Waals surface area contributed by atoms with Crippen LogP contribution in [-0.2, 0) is 13.6 Å². The number of carboxylic acids is 1. The molecule has 30 heavy (non-hydrogen) atoms. The van der Waals surface area contributed by atoms with Gasteiger partial charge in [0.1, 0.15) is 5.82 Å². The molecule has 1 aromatic carbocycles. The van der Waals surface area contributed by atoms with Crippen LogP contribution in [0.2, 0.25) is 0 Å². The van der Waals surface area contributed by atoms with Crippen molar-refractivity contribution in [3.63, 3.8) is 0 Å². The maximum Gasteiger partial charge on any atom is 0.354 e. The van der Waals surface area contributed by atoms with E-state index in [1.54, 1.807) is 42.2 Å².